The number of hydrogen-bond donors (Lipinski definition) is 2. The molecule has 2 aromatic rings. The predicted molar refractivity (Wildman–Crippen MR) is 72.5 cm³/mol. The normalized spacial score (nSPS) is 10.4. The number of benzene rings is 1. The Morgan fingerprint density at radius 2 is 2.25 bits per heavy atom. The molecule has 0 fully saturated rings. The lowest BCUT2D eigenvalue weighted by atomic mass is 10.2. The Hall–Kier alpha value is -2.32. The van der Waals surface area contributed by atoms with Crippen LogP contribution < -0.4 is 10.6 Å². The molecule has 1 aromatic carbocycles. The molecule has 0 saturated carbocycles. The van der Waals surface area contributed by atoms with Crippen LogP contribution in [-0.2, 0) is 9.53 Å². The Kier molecular flexibility index (Phi) is 5.15. The first-order valence-electron chi connectivity index (χ1n) is 6.13. The quantitative estimate of drug-likeness (QED) is 0.682. The Morgan fingerprint density at radius 1 is 1.40 bits per heavy atom. The van der Waals surface area contributed by atoms with E-state index >= 15 is 0 Å². The number of rotatable bonds is 7. The van der Waals surface area contributed by atoms with E-state index in [0.29, 0.717) is 24.5 Å². The number of hydrogen-bond acceptors (Lipinski definition) is 6. The van der Waals surface area contributed by atoms with Gasteiger partial charge >= 0.3 is 0 Å². The maximum absolute atomic E-state index is 11.8. The molecule has 20 heavy (non-hydrogen) atoms. The summed E-state index contributed by atoms with van der Waals surface area (Å²) < 4.78 is 6.38. The van der Waals surface area contributed by atoms with Crippen LogP contribution in [0.5, 0.6) is 0 Å². The van der Waals surface area contributed by atoms with Gasteiger partial charge < -0.3 is 15.4 Å². The fourth-order valence-electron chi connectivity index (χ4n) is 1.62. The summed E-state index contributed by atoms with van der Waals surface area (Å²) in [5.74, 6) is -0.137. The highest BCUT2D eigenvalue weighted by Gasteiger charge is 2.08. The molecule has 0 aliphatic carbocycles. The van der Waals surface area contributed by atoms with Crippen LogP contribution in [0.2, 0.25) is 0 Å². The first-order valence-corrected chi connectivity index (χ1v) is 6.13. The highest BCUT2D eigenvalue weighted by Crippen LogP contribution is 2.17. The van der Waals surface area contributed by atoms with Gasteiger partial charge in [-0.15, -0.1) is 5.10 Å². The van der Waals surface area contributed by atoms with E-state index < -0.39 is 0 Å². The summed E-state index contributed by atoms with van der Waals surface area (Å²) in [5.41, 5.74) is 1.36. The molecule has 8 nitrogen and oxygen atoms in total. The molecule has 1 amide bonds. The van der Waals surface area contributed by atoms with Gasteiger partial charge in [0.1, 0.15) is 6.33 Å². The lowest BCUT2D eigenvalue weighted by Gasteiger charge is -2.10. The number of anilines is 1. The van der Waals surface area contributed by atoms with Crippen LogP contribution in [-0.4, -0.2) is 52.9 Å². The van der Waals surface area contributed by atoms with Crippen molar-refractivity contribution in [2.45, 2.75) is 0 Å². The third-order valence-corrected chi connectivity index (χ3v) is 2.54. The van der Waals surface area contributed by atoms with Crippen molar-refractivity contribution in [1.82, 2.24) is 25.5 Å². The van der Waals surface area contributed by atoms with Crippen LogP contribution in [0.15, 0.2) is 30.6 Å². The molecule has 106 valence electrons. The molecule has 0 spiro atoms. The number of nitrogens with zero attached hydrogens (tertiary/aromatic N) is 4. The minimum Gasteiger partial charge on any atom is -0.383 e. The molecular weight excluding hydrogens is 260 g/mol. The van der Waals surface area contributed by atoms with E-state index in [1.165, 1.54) is 11.0 Å². The van der Waals surface area contributed by atoms with Crippen molar-refractivity contribution in [2.24, 2.45) is 0 Å². The molecule has 0 aliphatic rings. The molecule has 0 aliphatic heterocycles. The number of para-hydroxylation sites is 2. The first kappa shape index (κ1) is 14.1. The monoisotopic (exact) mass is 276 g/mol. The number of tetrazole rings is 1. The lowest BCUT2D eigenvalue weighted by molar-refractivity contribution is -0.115. The Labute approximate surface area is 116 Å². The van der Waals surface area contributed by atoms with Gasteiger partial charge in [0, 0.05) is 13.7 Å². The van der Waals surface area contributed by atoms with Gasteiger partial charge in [-0.2, -0.15) is 4.68 Å². The number of carbonyl (C=O) groups is 1. The topological polar surface area (TPSA) is 94.0 Å². The highest BCUT2D eigenvalue weighted by molar-refractivity contribution is 5.94. The van der Waals surface area contributed by atoms with E-state index in [1.807, 2.05) is 18.2 Å². The molecule has 8 heteroatoms. The standard InChI is InChI=1S/C12H16N6O2/c1-20-7-6-13-8-12(19)15-10-4-2-3-5-11(10)18-9-14-16-17-18/h2-5,9,13H,6-8H2,1H3,(H,15,19). The van der Waals surface area contributed by atoms with E-state index in [0.717, 1.165) is 0 Å². The predicted octanol–water partition coefficient (Wildman–Crippen LogP) is -0.163. The van der Waals surface area contributed by atoms with Crippen molar-refractivity contribution >= 4 is 11.6 Å². The van der Waals surface area contributed by atoms with Crippen LogP contribution >= 0.6 is 0 Å². The number of methoxy groups -OCH3 is 1. The van der Waals surface area contributed by atoms with Crippen molar-refractivity contribution in [3.05, 3.63) is 30.6 Å². The molecule has 0 radical (unpaired) electrons. The zero-order valence-electron chi connectivity index (χ0n) is 11.1. The summed E-state index contributed by atoms with van der Waals surface area (Å²) in [6, 6.07) is 7.31. The zero-order valence-corrected chi connectivity index (χ0v) is 11.1. The van der Waals surface area contributed by atoms with Crippen LogP contribution in [0, 0.1) is 0 Å². The second-order valence-electron chi connectivity index (χ2n) is 3.99. The number of carbonyl (C=O) groups excluding carboxylic acids is 1. The molecule has 2 rings (SSSR count). The van der Waals surface area contributed by atoms with Gasteiger partial charge in [-0.3, -0.25) is 4.79 Å². The molecule has 0 saturated heterocycles. The van der Waals surface area contributed by atoms with Gasteiger partial charge in [-0.05, 0) is 22.6 Å². The van der Waals surface area contributed by atoms with Crippen molar-refractivity contribution in [3.63, 3.8) is 0 Å². The van der Waals surface area contributed by atoms with E-state index in [-0.39, 0.29) is 12.5 Å². The van der Waals surface area contributed by atoms with E-state index in [2.05, 4.69) is 26.2 Å². The lowest BCUT2D eigenvalue weighted by Crippen LogP contribution is -2.30. The summed E-state index contributed by atoms with van der Waals surface area (Å²) >= 11 is 0. The largest absolute Gasteiger partial charge is 0.383 e. The number of ether oxygens (including phenoxy) is 1. The fourth-order valence-corrected chi connectivity index (χ4v) is 1.62. The Bertz CT molecular complexity index is 543. The first-order chi connectivity index (χ1) is 9.81. The number of aromatic nitrogens is 4. The average Bonchev–Trinajstić information content (AvgIpc) is 2.98. The van der Waals surface area contributed by atoms with Gasteiger partial charge in [-0.1, -0.05) is 12.1 Å². The summed E-state index contributed by atoms with van der Waals surface area (Å²) in [7, 11) is 1.62. The number of amides is 1. The Morgan fingerprint density at radius 3 is 3.00 bits per heavy atom. The van der Waals surface area contributed by atoms with Crippen LogP contribution in [0.3, 0.4) is 0 Å². The van der Waals surface area contributed by atoms with Gasteiger partial charge in [0.15, 0.2) is 0 Å². The maximum Gasteiger partial charge on any atom is 0.238 e. The molecule has 0 atom stereocenters. The summed E-state index contributed by atoms with van der Waals surface area (Å²) in [4.78, 5) is 11.8. The molecule has 1 heterocycles. The van der Waals surface area contributed by atoms with Crippen molar-refractivity contribution in [1.29, 1.82) is 0 Å². The van der Waals surface area contributed by atoms with Crippen molar-refractivity contribution in [3.8, 4) is 5.69 Å². The third kappa shape index (κ3) is 3.84. The second kappa shape index (κ2) is 7.31. The molecule has 0 bridgehead atoms. The van der Waals surface area contributed by atoms with Gasteiger partial charge in [0.25, 0.3) is 0 Å². The minimum atomic E-state index is -0.137. The summed E-state index contributed by atoms with van der Waals surface area (Å²) in [5, 5.41) is 16.8. The maximum atomic E-state index is 11.8. The van der Waals surface area contributed by atoms with Gasteiger partial charge in [0.2, 0.25) is 5.91 Å². The van der Waals surface area contributed by atoms with Crippen molar-refractivity contribution < 1.29 is 9.53 Å². The second-order valence-corrected chi connectivity index (χ2v) is 3.99. The molecular formula is C12H16N6O2. The van der Waals surface area contributed by atoms with E-state index in [1.54, 1.807) is 13.2 Å². The molecule has 1 aromatic heterocycles. The minimum absolute atomic E-state index is 0.137. The molecule has 0 unspecified atom stereocenters. The number of nitrogens with one attached hydrogen (secondary N) is 2. The van der Waals surface area contributed by atoms with Crippen LogP contribution in [0.25, 0.3) is 5.69 Å². The van der Waals surface area contributed by atoms with Crippen molar-refractivity contribution in [2.75, 3.05) is 32.1 Å². The summed E-state index contributed by atoms with van der Waals surface area (Å²) in [6.07, 6.45) is 1.47. The van der Waals surface area contributed by atoms with Gasteiger partial charge in [0.05, 0.1) is 24.5 Å². The third-order valence-electron chi connectivity index (χ3n) is 2.54. The zero-order chi connectivity index (χ0) is 14.2. The van der Waals surface area contributed by atoms with E-state index in [9.17, 15) is 4.79 Å². The molecule has 2 N–H and O–H groups in total. The summed E-state index contributed by atoms with van der Waals surface area (Å²) in [6.45, 7) is 1.40. The van der Waals surface area contributed by atoms with Crippen LogP contribution in [0.4, 0.5) is 5.69 Å². The van der Waals surface area contributed by atoms with E-state index in [4.69, 9.17) is 4.74 Å². The Balaban J connectivity index is 1.97. The fraction of sp³-hybridized carbons (Fsp3) is 0.333. The van der Waals surface area contributed by atoms with Gasteiger partial charge in [-0.25, -0.2) is 0 Å². The average molecular weight is 276 g/mol. The van der Waals surface area contributed by atoms with Crippen LogP contribution in [0.1, 0.15) is 0 Å². The smallest absolute Gasteiger partial charge is 0.238 e. The SMILES string of the molecule is COCCNCC(=O)Nc1ccccc1-n1cnnn1. The highest BCUT2D eigenvalue weighted by atomic mass is 16.5.